The molecule has 0 spiro atoms. The molecule has 0 fully saturated rings. The number of H-pyrrole nitrogens is 1. The zero-order valence-electron chi connectivity index (χ0n) is 13.9. The van der Waals surface area contributed by atoms with Gasteiger partial charge in [0, 0.05) is 30.2 Å². The van der Waals surface area contributed by atoms with Crippen molar-refractivity contribution in [3.63, 3.8) is 0 Å². The predicted octanol–water partition coefficient (Wildman–Crippen LogP) is 3.84. The van der Waals surface area contributed by atoms with Gasteiger partial charge < -0.3 is 9.73 Å². The molecule has 0 saturated heterocycles. The van der Waals surface area contributed by atoms with E-state index in [9.17, 15) is 0 Å². The maximum absolute atomic E-state index is 5.69. The summed E-state index contributed by atoms with van der Waals surface area (Å²) in [5.41, 5.74) is 4.23. The van der Waals surface area contributed by atoms with Gasteiger partial charge in [-0.3, -0.25) is 9.78 Å². The fraction of sp³-hybridized carbons (Fsp3) is 0.158. The van der Waals surface area contributed by atoms with Crippen LogP contribution >= 0.6 is 0 Å². The Hall–Kier alpha value is -3.28. The van der Waals surface area contributed by atoms with E-state index in [0.717, 1.165) is 35.0 Å². The summed E-state index contributed by atoms with van der Waals surface area (Å²) in [5, 5.41) is 14.9. The van der Waals surface area contributed by atoms with Gasteiger partial charge in [-0.25, -0.2) is 0 Å². The van der Waals surface area contributed by atoms with Gasteiger partial charge in [0.15, 0.2) is 5.76 Å². The summed E-state index contributed by atoms with van der Waals surface area (Å²) in [4.78, 5) is 0. The number of rotatable bonds is 6. The average Bonchev–Trinajstić information content (AvgIpc) is 3.35. The minimum absolute atomic E-state index is 0.663. The summed E-state index contributed by atoms with van der Waals surface area (Å²) < 4.78 is 7.60. The lowest BCUT2D eigenvalue weighted by atomic mass is 10.1. The molecule has 3 heterocycles. The van der Waals surface area contributed by atoms with Crippen LogP contribution in [0.15, 0.2) is 65.5 Å². The molecule has 4 aromatic rings. The highest BCUT2D eigenvalue weighted by Crippen LogP contribution is 2.24. The lowest BCUT2D eigenvalue weighted by Crippen LogP contribution is -2.03. The third-order valence-corrected chi connectivity index (χ3v) is 4.02. The van der Waals surface area contributed by atoms with Gasteiger partial charge in [0.1, 0.15) is 11.5 Å². The molecular formula is C19H19N5O. The van der Waals surface area contributed by atoms with Crippen molar-refractivity contribution in [2.75, 3.05) is 5.32 Å². The highest BCUT2D eigenvalue weighted by molar-refractivity contribution is 5.58. The normalized spacial score (nSPS) is 10.9. The van der Waals surface area contributed by atoms with E-state index in [0.29, 0.717) is 6.54 Å². The molecule has 6 heteroatoms. The van der Waals surface area contributed by atoms with Crippen LogP contribution in [-0.4, -0.2) is 20.0 Å². The van der Waals surface area contributed by atoms with Gasteiger partial charge >= 0.3 is 0 Å². The molecule has 0 aliphatic carbocycles. The number of aryl methyl sites for hydroxylation is 1. The number of nitrogens with zero attached hydrogens (tertiary/aromatic N) is 3. The van der Waals surface area contributed by atoms with Crippen LogP contribution in [0.4, 0.5) is 5.69 Å². The first-order valence-corrected chi connectivity index (χ1v) is 8.17. The van der Waals surface area contributed by atoms with Gasteiger partial charge in [0.2, 0.25) is 0 Å². The molecule has 0 amide bonds. The molecular weight excluding hydrogens is 314 g/mol. The first-order chi connectivity index (χ1) is 12.3. The van der Waals surface area contributed by atoms with E-state index in [1.807, 2.05) is 48.3 Å². The minimum Gasteiger partial charge on any atom is -0.460 e. The van der Waals surface area contributed by atoms with Crippen molar-refractivity contribution in [2.45, 2.75) is 20.0 Å². The zero-order valence-corrected chi connectivity index (χ0v) is 13.9. The fourth-order valence-corrected chi connectivity index (χ4v) is 2.79. The summed E-state index contributed by atoms with van der Waals surface area (Å²) in [6, 6.07) is 14.2. The number of nitrogens with one attached hydrogen (secondary N) is 2. The highest BCUT2D eigenvalue weighted by atomic mass is 16.3. The number of furan rings is 1. The number of hydrogen-bond donors (Lipinski definition) is 2. The minimum atomic E-state index is 0.663. The summed E-state index contributed by atoms with van der Waals surface area (Å²) >= 11 is 0. The maximum Gasteiger partial charge on any atom is 0.152 e. The van der Waals surface area contributed by atoms with Crippen molar-refractivity contribution < 1.29 is 4.42 Å². The van der Waals surface area contributed by atoms with Gasteiger partial charge in [-0.05, 0) is 42.8 Å². The number of benzene rings is 1. The summed E-state index contributed by atoms with van der Waals surface area (Å²) in [5.74, 6) is 1.69. The standard InChI is InChI=1S/C19H19N5O/c1-14-6-7-18(25-14)19-16(12-21-23-19)11-20-17-5-2-4-15(10-17)13-24-9-3-8-22-24/h2-10,12,20H,11,13H2,1H3,(H,21,23). The molecule has 25 heavy (non-hydrogen) atoms. The zero-order chi connectivity index (χ0) is 17.1. The van der Waals surface area contributed by atoms with Crippen molar-refractivity contribution in [2.24, 2.45) is 0 Å². The third kappa shape index (κ3) is 3.47. The molecule has 0 bridgehead atoms. The van der Waals surface area contributed by atoms with Crippen molar-refractivity contribution >= 4 is 5.69 Å². The number of aromatic nitrogens is 4. The van der Waals surface area contributed by atoms with E-state index >= 15 is 0 Å². The van der Waals surface area contributed by atoms with Crippen LogP contribution in [0.2, 0.25) is 0 Å². The topological polar surface area (TPSA) is 71.7 Å². The van der Waals surface area contributed by atoms with Gasteiger partial charge in [0.05, 0.1) is 12.7 Å². The second-order valence-corrected chi connectivity index (χ2v) is 5.94. The molecule has 0 aliphatic rings. The second-order valence-electron chi connectivity index (χ2n) is 5.94. The maximum atomic E-state index is 5.69. The van der Waals surface area contributed by atoms with Gasteiger partial charge in [-0.1, -0.05) is 12.1 Å². The van der Waals surface area contributed by atoms with E-state index in [2.05, 4.69) is 38.8 Å². The van der Waals surface area contributed by atoms with Gasteiger partial charge in [-0.15, -0.1) is 0 Å². The van der Waals surface area contributed by atoms with Crippen LogP contribution in [0.3, 0.4) is 0 Å². The molecule has 0 radical (unpaired) electrons. The van der Waals surface area contributed by atoms with E-state index < -0.39 is 0 Å². The largest absolute Gasteiger partial charge is 0.460 e. The summed E-state index contributed by atoms with van der Waals surface area (Å²) in [6.07, 6.45) is 5.58. The molecule has 4 rings (SSSR count). The van der Waals surface area contributed by atoms with Crippen LogP contribution in [0.25, 0.3) is 11.5 Å². The third-order valence-electron chi connectivity index (χ3n) is 4.02. The first-order valence-electron chi connectivity index (χ1n) is 8.17. The van der Waals surface area contributed by atoms with E-state index in [1.54, 1.807) is 6.20 Å². The predicted molar refractivity (Wildman–Crippen MR) is 96.1 cm³/mol. The Balaban J connectivity index is 1.46. The quantitative estimate of drug-likeness (QED) is 0.562. The Bertz CT molecular complexity index is 952. The van der Waals surface area contributed by atoms with Crippen molar-refractivity contribution in [1.82, 2.24) is 20.0 Å². The Morgan fingerprint density at radius 2 is 2.16 bits per heavy atom. The van der Waals surface area contributed by atoms with Crippen LogP contribution in [-0.2, 0) is 13.1 Å². The van der Waals surface area contributed by atoms with Crippen LogP contribution in [0.5, 0.6) is 0 Å². The molecule has 0 saturated carbocycles. The Labute approximate surface area is 145 Å². The Kier molecular flexibility index (Phi) is 4.08. The molecule has 6 nitrogen and oxygen atoms in total. The summed E-state index contributed by atoms with van der Waals surface area (Å²) in [7, 11) is 0. The number of hydrogen-bond acceptors (Lipinski definition) is 4. The SMILES string of the molecule is Cc1ccc(-c2[nH]ncc2CNc2cccc(Cn3cccn3)c2)o1. The average molecular weight is 333 g/mol. The molecule has 3 aromatic heterocycles. The van der Waals surface area contributed by atoms with Crippen molar-refractivity contribution in [3.8, 4) is 11.5 Å². The highest BCUT2D eigenvalue weighted by Gasteiger charge is 2.11. The number of aromatic amines is 1. The van der Waals surface area contributed by atoms with Crippen LogP contribution in [0, 0.1) is 6.92 Å². The molecule has 0 unspecified atom stereocenters. The first kappa shape index (κ1) is 15.3. The van der Waals surface area contributed by atoms with Gasteiger partial charge in [0.25, 0.3) is 0 Å². The van der Waals surface area contributed by atoms with E-state index in [-0.39, 0.29) is 0 Å². The summed E-state index contributed by atoms with van der Waals surface area (Å²) in [6.45, 7) is 3.35. The molecule has 0 atom stereocenters. The monoisotopic (exact) mass is 333 g/mol. The van der Waals surface area contributed by atoms with Crippen LogP contribution in [0.1, 0.15) is 16.9 Å². The molecule has 1 aromatic carbocycles. The molecule has 2 N–H and O–H groups in total. The lowest BCUT2D eigenvalue weighted by Gasteiger charge is -2.09. The van der Waals surface area contributed by atoms with E-state index in [4.69, 9.17) is 4.42 Å². The lowest BCUT2D eigenvalue weighted by molar-refractivity contribution is 0.545. The van der Waals surface area contributed by atoms with Gasteiger partial charge in [-0.2, -0.15) is 10.2 Å². The Morgan fingerprint density at radius 1 is 1.20 bits per heavy atom. The molecule has 126 valence electrons. The van der Waals surface area contributed by atoms with Crippen molar-refractivity contribution in [1.29, 1.82) is 0 Å². The number of anilines is 1. The van der Waals surface area contributed by atoms with Crippen molar-refractivity contribution in [3.05, 3.63) is 77.9 Å². The Morgan fingerprint density at radius 3 is 2.96 bits per heavy atom. The second kappa shape index (κ2) is 6.68. The fourth-order valence-electron chi connectivity index (χ4n) is 2.79. The van der Waals surface area contributed by atoms with E-state index in [1.165, 1.54) is 5.56 Å². The smallest absolute Gasteiger partial charge is 0.152 e. The van der Waals surface area contributed by atoms with Crippen LogP contribution < -0.4 is 5.32 Å². The molecule has 0 aliphatic heterocycles.